The molecule has 0 unspecified atom stereocenters. The van der Waals surface area contributed by atoms with Gasteiger partial charge in [0.25, 0.3) is 0 Å². The zero-order valence-corrected chi connectivity index (χ0v) is 20.1. The Morgan fingerprint density at radius 2 is 1.72 bits per heavy atom. The molecule has 1 N–H and O–H groups in total. The lowest BCUT2D eigenvalue weighted by atomic mass is 9.79. The Labute approximate surface area is 188 Å². The third kappa shape index (κ3) is 4.18. The van der Waals surface area contributed by atoms with Crippen molar-refractivity contribution in [2.75, 3.05) is 4.90 Å². The smallest absolute Gasteiger partial charge is 0.464 e. The van der Waals surface area contributed by atoms with E-state index in [4.69, 9.17) is 14.0 Å². The Kier molecular flexibility index (Phi) is 5.80. The summed E-state index contributed by atoms with van der Waals surface area (Å²) in [6.45, 7) is 16.6. The van der Waals surface area contributed by atoms with Crippen LogP contribution < -0.4 is 10.4 Å². The summed E-state index contributed by atoms with van der Waals surface area (Å²) < 4.78 is 19.6. The van der Waals surface area contributed by atoms with Crippen molar-refractivity contribution in [2.24, 2.45) is 0 Å². The molecule has 0 aliphatic carbocycles. The van der Waals surface area contributed by atoms with Crippen LogP contribution in [0, 0.1) is 0 Å². The van der Waals surface area contributed by atoms with Gasteiger partial charge in [-0.05, 0) is 62.3 Å². The van der Waals surface area contributed by atoms with Crippen LogP contribution in [0.2, 0.25) is 0 Å². The maximum atomic E-state index is 12.8. The van der Waals surface area contributed by atoms with Crippen LogP contribution in [0.4, 0.5) is 15.4 Å². The predicted molar refractivity (Wildman–Crippen MR) is 120 cm³/mol. The van der Waals surface area contributed by atoms with E-state index >= 15 is 0 Å². The number of ether oxygens (including phenoxy) is 1. The molecule has 3 heterocycles. The topological polar surface area (TPSA) is 116 Å². The van der Waals surface area contributed by atoms with Gasteiger partial charge in [-0.1, -0.05) is 0 Å². The average molecular weight is 446 g/mol. The quantitative estimate of drug-likeness (QED) is 0.709. The molecule has 174 valence electrons. The largest absolute Gasteiger partial charge is 0.497 e. The Hall–Kier alpha value is -2.66. The molecule has 2 aromatic heterocycles. The van der Waals surface area contributed by atoms with E-state index in [1.807, 2.05) is 52.3 Å². The molecule has 0 saturated carbocycles. The van der Waals surface area contributed by atoms with E-state index in [0.29, 0.717) is 21.4 Å². The number of hydrogen-bond acceptors (Lipinski definition) is 7. The minimum absolute atomic E-state index is 0.00349. The van der Waals surface area contributed by atoms with Crippen LogP contribution in [-0.4, -0.2) is 55.7 Å². The van der Waals surface area contributed by atoms with Gasteiger partial charge in [-0.25, -0.2) is 19.6 Å². The van der Waals surface area contributed by atoms with Crippen molar-refractivity contribution in [3.8, 4) is 0 Å². The molecule has 32 heavy (non-hydrogen) atoms. The molecule has 1 fully saturated rings. The van der Waals surface area contributed by atoms with Gasteiger partial charge in [0.05, 0.1) is 16.6 Å². The van der Waals surface area contributed by atoms with Crippen LogP contribution in [0.3, 0.4) is 0 Å². The first-order valence-electron chi connectivity index (χ1n) is 10.5. The van der Waals surface area contributed by atoms with Crippen molar-refractivity contribution in [3.63, 3.8) is 0 Å². The lowest BCUT2D eigenvalue weighted by molar-refractivity contribution is 0.00578. The van der Waals surface area contributed by atoms with Crippen LogP contribution in [-0.2, 0) is 14.0 Å². The van der Waals surface area contributed by atoms with Crippen LogP contribution in [0.15, 0.2) is 12.5 Å². The molecule has 10 nitrogen and oxygen atoms in total. The fourth-order valence-electron chi connectivity index (χ4n) is 3.37. The SMILES string of the molecule is CC(C)n1cc(B2OC(C)(C)C(C)(C)O2)c2c(N(C(=O)O)C(=O)OC(C)(C)C)ncnc21. The number of aromatic nitrogens is 3. The van der Waals surface area contributed by atoms with Gasteiger partial charge in [0, 0.05) is 17.7 Å². The van der Waals surface area contributed by atoms with Crippen molar-refractivity contribution in [2.45, 2.75) is 85.2 Å². The van der Waals surface area contributed by atoms with Gasteiger partial charge in [0.1, 0.15) is 17.6 Å². The van der Waals surface area contributed by atoms with Gasteiger partial charge >= 0.3 is 19.3 Å². The Morgan fingerprint density at radius 3 is 2.19 bits per heavy atom. The second kappa shape index (κ2) is 7.74. The second-order valence-electron chi connectivity index (χ2n) is 10.2. The molecule has 2 amide bonds. The molecule has 11 heteroatoms. The summed E-state index contributed by atoms with van der Waals surface area (Å²) in [5.41, 5.74) is -1.12. The number of amides is 2. The lowest BCUT2D eigenvalue weighted by Crippen LogP contribution is -2.42. The number of nitrogens with zero attached hydrogens (tertiary/aromatic N) is 4. The van der Waals surface area contributed by atoms with Crippen LogP contribution in [0.25, 0.3) is 11.0 Å². The highest BCUT2D eigenvalue weighted by atomic mass is 16.7. The number of carbonyl (C=O) groups is 2. The Balaban J connectivity index is 2.24. The molecule has 0 spiro atoms. The van der Waals surface area contributed by atoms with Gasteiger partial charge in [-0.3, -0.25) is 0 Å². The van der Waals surface area contributed by atoms with Crippen molar-refractivity contribution >= 4 is 41.6 Å². The maximum absolute atomic E-state index is 12.8. The lowest BCUT2D eigenvalue weighted by Gasteiger charge is -2.32. The fourth-order valence-corrected chi connectivity index (χ4v) is 3.37. The summed E-state index contributed by atoms with van der Waals surface area (Å²) in [4.78, 5) is 34.0. The Morgan fingerprint density at radius 1 is 1.16 bits per heavy atom. The molecule has 0 atom stereocenters. The zero-order chi connectivity index (χ0) is 24.2. The first-order valence-corrected chi connectivity index (χ1v) is 10.5. The van der Waals surface area contributed by atoms with Crippen LogP contribution >= 0.6 is 0 Å². The van der Waals surface area contributed by atoms with Crippen molar-refractivity contribution in [1.29, 1.82) is 0 Å². The second-order valence-corrected chi connectivity index (χ2v) is 10.2. The highest BCUT2D eigenvalue weighted by molar-refractivity contribution is 6.65. The highest BCUT2D eigenvalue weighted by Gasteiger charge is 2.53. The minimum atomic E-state index is -1.52. The monoisotopic (exact) mass is 446 g/mol. The van der Waals surface area contributed by atoms with E-state index in [2.05, 4.69) is 9.97 Å². The van der Waals surface area contributed by atoms with E-state index in [1.165, 1.54) is 6.33 Å². The third-order valence-corrected chi connectivity index (χ3v) is 5.66. The number of carboxylic acid groups (broad SMARTS) is 1. The maximum Gasteiger partial charge on any atom is 0.497 e. The van der Waals surface area contributed by atoms with Gasteiger partial charge in [0.15, 0.2) is 5.82 Å². The van der Waals surface area contributed by atoms with Gasteiger partial charge in [-0.2, -0.15) is 4.90 Å². The van der Waals surface area contributed by atoms with Crippen molar-refractivity contribution < 1.29 is 28.7 Å². The number of fused-ring (bicyclic) bond motifs is 1. The molecule has 1 aliphatic rings. The van der Waals surface area contributed by atoms with Crippen molar-refractivity contribution in [1.82, 2.24) is 14.5 Å². The number of imide groups is 1. The van der Waals surface area contributed by atoms with E-state index in [0.717, 1.165) is 0 Å². The normalized spacial score (nSPS) is 17.8. The molecule has 0 aromatic carbocycles. The molecule has 1 saturated heterocycles. The molecular formula is C21H31BN4O6. The summed E-state index contributed by atoms with van der Waals surface area (Å²) in [6.07, 6.45) is 0.467. The number of rotatable bonds is 3. The molecule has 0 radical (unpaired) electrons. The summed E-state index contributed by atoms with van der Waals surface area (Å²) >= 11 is 0. The van der Waals surface area contributed by atoms with Gasteiger partial charge in [0.2, 0.25) is 0 Å². The zero-order valence-electron chi connectivity index (χ0n) is 20.1. The summed E-state index contributed by atoms with van der Waals surface area (Å²) in [6, 6.07) is -0.00349. The fraction of sp³-hybridized carbons (Fsp3) is 0.619. The standard InChI is InChI=1S/C21H31BN4O6/c1-12(2)25-10-13(22-31-20(6,7)21(8,9)32-22)14-15(25)23-11-24-16(14)26(17(27)28)18(29)30-19(3,4)5/h10-12H,1-9H3,(H,27,28). The molecule has 1 aliphatic heterocycles. The van der Waals surface area contributed by atoms with E-state index in [-0.39, 0.29) is 11.9 Å². The first-order chi connectivity index (χ1) is 14.6. The van der Waals surface area contributed by atoms with Crippen molar-refractivity contribution in [3.05, 3.63) is 12.5 Å². The summed E-state index contributed by atoms with van der Waals surface area (Å²) in [5.74, 6) is -0.110. The van der Waals surface area contributed by atoms with Gasteiger partial charge < -0.3 is 23.7 Å². The highest BCUT2D eigenvalue weighted by Crippen LogP contribution is 2.38. The minimum Gasteiger partial charge on any atom is -0.464 e. The molecule has 2 aromatic rings. The Bertz CT molecular complexity index is 1040. The number of carbonyl (C=O) groups excluding carboxylic acids is 1. The van der Waals surface area contributed by atoms with Crippen LogP contribution in [0.1, 0.15) is 68.4 Å². The molecule has 3 rings (SSSR count). The first kappa shape index (κ1) is 24.0. The average Bonchev–Trinajstić information content (AvgIpc) is 3.08. The third-order valence-electron chi connectivity index (χ3n) is 5.66. The molecular weight excluding hydrogens is 415 g/mol. The number of hydrogen-bond donors (Lipinski definition) is 1. The summed E-state index contributed by atoms with van der Waals surface area (Å²) in [7, 11) is -0.804. The van der Waals surface area contributed by atoms with E-state index < -0.39 is 36.1 Å². The van der Waals surface area contributed by atoms with E-state index in [1.54, 1.807) is 20.8 Å². The molecule has 0 bridgehead atoms. The summed E-state index contributed by atoms with van der Waals surface area (Å²) in [5, 5.41) is 10.2. The van der Waals surface area contributed by atoms with E-state index in [9.17, 15) is 14.7 Å². The van der Waals surface area contributed by atoms with Crippen LogP contribution in [0.5, 0.6) is 0 Å². The van der Waals surface area contributed by atoms with Gasteiger partial charge in [-0.15, -0.1) is 0 Å². The number of anilines is 1. The predicted octanol–water partition coefficient (Wildman–Crippen LogP) is 3.73.